The van der Waals surface area contributed by atoms with Gasteiger partial charge in [0.2, 0.25) is 0 Å². The van der Waals surface area contributed by atoms with Gasteiger partial charge in [0.05, 0.1) is 25.4 Å². The van der Waals surface area contributed by atoms with Gasteiger partial charge in [-0.05, 0) is 57.0 Å². The number of carbonyl (C=O) groups is 1. The molecular weight excluding hydrogens is 502 g/mol. The fourth-order valence-corrected chi connectivity index (χ4v) is 2.71. The molecule has 0 radical (unpaired) electrons. The highest BCUT2D eigenvalue weighted by Gasteiger charge is 2.09. The third-order valence-electron chi connectivity index (χ3n) is 3.22. The van der Waals surface area contributed by atoms with Crippen molar-refractivity contribution in [1.82, 2.24) is 9.97 Å². The molecule has 0 bridgehead atoms. The number of aryl methyl sites for hydroxylation is 1. The highest BCUT2D eigenvalue weighted by atomic mass is 79.9. The van der Waals surface area contributed by atoms with Crippen molar-refractivity contribution in [2.24, 2.45) is 5.73 Å². The minimum atomic E-state index is -0.673. The van der Waals surface area contributed by atoms with E-state index in [0.29, 0.717) is 16.7 Å². The van der Waals surface area contributed by atoms with Crippen LogP contribution in [-0.2, 0) is 0 Å². The van der Waals surface area contributed by atoms with Crippen LogP contribution in [0, 0.1) is 18.6 Å². The molecule has 0 aliphatic carbocycles. The number of H-pyrrole nitrogens is 1. The standard InChI is InChI=1S/C9H6BrFN2O.C7H6BrFN2O.2CH4/c1-4-12-8-3-7(11)6(10)2-5(8)9(14)13-4;8-4-1-3(7(11)12)6(10)2-5(4)9;;/h2-3H,1H3,(H,12,13,14);1-2H,10H2,(H2,11,12);2*1H4. The van der Waals surface area contributed by atoms with Gasteiger partial charge in [0.15, 0.2) is 0 Å². The van der Waals surface area contributed by atoms with Crippen LogP contribution in [0.25, 0.3) is 10.9 Å². The van der Waals surface area contributed by atoms with Gasteiger partial charge in [0.1, 0.15) is 17.5 Å². The van der Waals surface area contributed by atoms with Crippen molar-refractivity contribution in [2.75, 3.05) is 5.73 Å². The molecular formula is C18H20Br2F2N4O2. The minimum Gasteiger partial charge on any atom is -0.398 e. The molecule has 1 heterocycles. The second kappa shape index (κ2) is 10.3. The van der Waals surface area contributed by atoms with Gasteiger partial charge < -0.3 is 16.5 Å². The Hall–Kier alpha value is -2.33. The van der Waals surface area contributed by atoms with E-state index >= 15 is 0 Å². The van der Waals surface area contributed by atoms with E-state index in [4.69, 9.17) is 11.5 Å². The summed E-state index contributed by atoms with van der Waals surface area (Å²) in [6.45, 7) is 1.65. The molecule has 5 N–H and O–H groups in total. The van der Waals surface area contributed by atoms with Crippen molar-refractivity contribution < 1.29 is 13.6 Å². The molecule has 0 fully saturated rings. The summed E-state index contributed by atoms with van der Waals surface area (Å²) in [4.78, 5) is 28.7. The summed E-state index contributed by atoms with van der Waals surface area (Å²) in [6, 6.07) is 4.97. The summed E-state index contributed by atoms with van der Waals surface area (Å²) in [7, 11) is 0. The van der Waals surface area contributed by atoms with Crippen molar-refractivity contribution in [1.29, 1.82) is 0 Å². The van der Waals surface area contributed by atoms with Crippen LogP contribution < -0.4 is 17.0 Å². The Kier molecular flexibility index (Phi) is 9.42. The van der Waals surface area contributed by atoms with E-state index in [9.17, 15) is 18.4 Å². The molecule has 2 aromatic carbocycles. The number of aromatic amines is 1. The number of primary amides is 1. The number of nitrogens with zero attached hydrogens (tertiary/aromatic N) is 1. The van der Waals surface area contributed by atoms with Gasteiger partial charge >= 0.3 is 0 Å². The maximum Gasteiger partial charge on any atom is 0.258 e. The molecule has 1 aromatic heterocycles. The Morgan fingerprint density at radius 3 is 2.18 bits per heavy atom. The molecule has 28 heavy (non-hydrogen) atoms. The van der Waals surface area contributed by atoms with Gasteiger partial charge in [-0.3, -0.25) is 9.59 Å². The Balaban J connectivity index is 0.000000492. The largest absolute Gasteiger partial charge is 0.398 e. The number of hydrogen-bond acceptors (Lipinski definition) is 4. The first-order valence-electron chi connectivity index (χ1n) is 7.00. The number of nitrogens with two attached hydrogens (primary N) is 2. The normalized spacial score (nSPS) is 9.61. The van der Waals surface area contributed by atoms with Crippen LogP contribution in [0.1, 0.15) is 31.0 Å². The van der Waals surface area contributed by atoms with Crippen LogP contribution in [0.5, 0.6) is 0 Å². The molecule has 3 rings (SSSR count). The lowest BCUT2D eigenvalue weighted by molar-refractivity contribution is 0.100. The number of aromatic nitrogens is 2. The highest BCUT2D eigenvalue weighted by molar-refractivity contribution is 9.10. The van der Waals surface area contributed by atoms with E-state index in [-0.39, 0.29) is 40.6 Å². The van der Waals surface area contributed by atoms with Crippen LogP contribution >= 0.6 is 31.9 Å². The summed E-state index contributed by atoms with van der Waals surface area (Å²) in [5.74, 6) is -1.13. The van der Waals surface area contributed by atoms with Gasteiger partial charge in [-0.25, -0.2) is 13.8 Å². The average molecular weight is 522 g/mol. The summed E-state index contributed by atoms with van der Waals surface area (Å²) >= 11 is 5.92. The fraction of sp³-hybridized carbons (Fsp3) is 0.167. The summed E-state index contributed by atoms with van der Waals surface area (Å²) in [5, 5.41) is 0.379. The highest BCUT2D eigenvalue weighted by Crippen LogP contribution is 2.22. The first kappa shape index (κ1) is 25.7. The lowest BCUT2D eigenvalue weighted by Crippen LogP contribution is -2.13. The van der Waals surface area contributed by atoms with Crippen LogP contribution in [0.15, 0.2) is 38.0 Å². The lowest BCUT2D eigenvalue weighted by atomic mass is 10.2. The predicted molar refractivity (Wildman–Crippen MR) is 115 cm³/mol. The Bertz CT molecular complexity index is 1070. The third-order valence-corrected chi connectivity index (χ3v) is 4.44. The van der Waals surface area contributed by atoms with Gasteiger partial charge in [0.25, 0.3) is 11.5 Å². The monoisotopic (exact) mass is 520 g/mol. The third kappa shape index (κ3) is 5.83. The molecule has 1 amide bonds. The Morgan fingerprint density at radius 1 is 1.07 bits per heavy atom. The fourth-order valence-electron chi connectivity index (χ4n) is 2.03. The lowest BCUT2D eigenvalue weighted by Gasteiger charge is -2.02. The number of anilines is 1. The molecule has 0 saturated carbocycles. The number of nitrogens with one attached hydrogen (secondary N) is 1. The predicted octanol–water partition coefficient (Wildman–Crippen LogP) is 4.67. The molecule has 3 aromatic rings. The maximum atomic E-state index is 13.1. The number of amides is 1. The first-order valence-corrected chi connectivity index (χ1v) is 8.58. The second-order valence-electron chi connectivity index (χ2n) is 5.15. The van der Waals surface area contributed by atoms with E-state index in [1.54, 1.807) is 6.92 Å². The molecule has 10 heteroatoms. The molecule has 6 nitrogen and oxygen atoms in total. The molecule has 0 aliphatic heterocycles. The van der Waals surface area contributed by atoms with Crippen LogP contribution in [0.2, 0.25) is 0 Å². The van der Waals surface area contributed by atoms with E-state index in [0.717, 1.165) is 6.07 Å². The molecule has 0 saturated heterocycles. The second-order valence-corrected chi connectivity index (χ2v) is 6.86. The van der Waals surface area contributed by atoms with Crippen LogP contribution in [0.3, 0.4) is 0 Å². The van der Waals surface area contributed by atoms with E-state index < -0.39 is 17.5 Å². The smallest absolute Gasteiger partial charge is 0.258 e. The average Bonchev–Trinajstić information content (AvgIpc) is 2.53. The topological polar surface area (TPSA) is 115 Å². The van der Waals surface area contributed by atoms with E-state index in [1.165, 1.54) is 18.2 Å². The van der Waals surface area contributed by atoms with Crippen LogP contribution in [0.4, 0.5) is 14.5 Å². The van der Waals surface area contributed by atoms with Crippen molar-refractivity contribution in [2.45, 2.75) is 21.8 Å². The summed E-state index contributed by atoms with van der Waals surface area (Å²) in [5.41, 5.74) is 10.6. The number of nitrogen functional groups attached to an aromatic ring is 1. The van der Waals surface area contributed by atoms with Crippen molar-refractivity contribution in [3.8, 4) is 0 Å². The maximum absolute atomic E-state index is 13.1. The molecule has 0 atom stereocenters. The number of hydrogen-bond donors (Lipinski definition) is 3. The molecule has 0 unspecified atom stereocenters. The summed E-state index contributed by atoms with van der Waals surface area (Å²) < 4.78 is 26.3. The molecule has 0 aliphatic rings. The van der Waals surface area contributed by atoms with Crippen molar-refractivity contribution in [3.05, 3.63) is 66.6 Å². The summed E-state index contributed by atoms with van der Waals surface area (Å²) in [6.07, 6.45) is 0. The Labute approximate surface area is 177 Å². The number of benzene rings is 2. The molecule has 0 spiro atoms. The number of fused-ring (bicyclic) bond motifs is 1. The number of carbonyl (C=O) groups excluding carboxylic acids is 1. The van der Waals surface area contributed by atoms with Crippen molar-refractivity contribution >= 4 is 54.4 Å². The zero-order valence-corrected chi connectivity index (χ0v) is 16.4. The van der Waals surface area contributed by atoms with E-state index in [2.05, 4.69) is 41.8 Å². The first-order chi connectivity index (χ1) is 12.1. The van der Waals surface area contributed by atoms with Gasteiger partial charge in [-0.2, -0.15) is 0 Å². The van der Waals surface area contributed by atoms with Gasteiger partial charge in [0, 0.05) is 11.8 Å². The zero-order chi connectivity index (χ0) is 19.6. The number of halogens is 4. The van der Waals surface area contributed by atoms with Gasteiger partial charge in [-0.15, -0.1) is 0 Å². The minimum absolute atomic E-state index is 0. The Morgan fingerprint density at radius 2 is 1.61 bits per heavy atom. The van der Waals surface area contributed by atoms with Crippen molar-refractivity contribution in [3.63, 3.8) is 0 Å². The van der Waals surface area contributed by atoms with Gasteiger partial charge in [-0.1, -0.05) is 14.9 Å². The van der Waals surface area contributed by atoms with E-state index in [1.807, 2.05) is 0 Å². The number of rotatable bonds is 1. The molecule has 152 valence electrons. The zero-order valence-electron chi connectivity index (χ0n) is 13.2. The quantitative estimate of drug-likeness (QED) is 0.403. The van der Waals surface area contributed by atoms with Crippen LogP contribution in [-0.4, -0.2) is 15.9 Å². The SMILES string of the molecule is C.C.Cc1nc2cc(F)c(Br)cc2c(=O)[nH]1.NC(=O)c1cc(Br)c(F)cc1N.